The molecule has 3 rings (SSSR count). The van der Waals surface area contributed by atoms with Gasteiger partial charge in [0, 0.05) is 19.7 Å². The van der Waals surface area contributed by atoms with Gasteiger partial charge in [-0.25, -0.2) is 9.78 Å². The third-order valence-corrected chi connectivity index (χ3v) is 3.49. The second kappa shape index (κ2) is 4.19. The summed E-state index contributed by atoms with van der Waals surface area (Å²) in [4.78, 5) is 15.5. The number of fused-ring (bicyclic) bond motifs is 1. The van der Waals surface area contributed by atoms with Crippen molar-refractivity contribution >= 4 is 17.0 Å². The van der Waals surface area contributed by atoms with E-state index in [2.05, 4.69) is 10.1 Å². The van der Waals surface area contributed by atoms with E-state index in [1.807, 2.05) is 36.7 Å². The highest BCUT2D eigenvalue weighted by atomic mass is 16.4. The highest BCUT2D eigenvalue weighted by Crippen LogP contribution is 2.29. The van der Waals surface area contributed by atoms with Crippen LogP contribution in [0.3, 0.4) is 0 Å². The number of aromatic carboxylic acids is 1. The zero-order valence-corrected chi connectivity index (χ0v) is 11.5. The number of para-hydroxylation sites is 1. The lowest BCUT2D eigenvalue weighted by atomic mass is 10.1. The van der Waals surface area contributed by atoms with Crippen molar-refractivity contribution < 1.29 is 9.90 Å². The maximum atomic E-state index is 11.0. The van der Waals surface area contributed by atoms with Crippen molar-refractivity contribution in [2.24, 2.45) is 14.1 Å². The quantitative estimate of drug-likeness (QED) is 0.772. The number of aryl methyl sites for hydroxylation is 3. The lowest BCUT2D eigenvalue weighted by molar-refractivity contribution is 0.0689. The third-order valence-electron chi connectivity index (χ3n) is 3.49. The second-order valence-corrected chi connectivity index (χ2v) is 4.73. The minimum Gasteiger partial charge on any atom is -0.476 e. The second-order valence-electron chi connectivity index (χ2n) is 4.73. The van der Waals surface area contributed by atoms with E-state index in [0.717, 1.165) is 28.1 Å². The Hall–Kier alpha value is -2.63. The summed E-state index contributed by atoms with van der Waals surface area (Å²) in [6, 6.07) is 7.39. The van der Waals surface area contributed by atoms with Gasteiger partial charge in [-0.05, 0) is 19.1 Å². The molecular formula is C14H14N4O2. The monoisotopic (exact) mass is 270 g/mol. The molecule has 6 heteroatoms. The molecule has 0 radical (unpaired) electrons. The molecule has 1 N–H and O–H groups in total. The summed E-state index contributed by atoms with van der Waals surface area (Å²) >= 11 is 0. The fourth-order valence-electron chi connectivity index (χ4n) is 2.42. The number of carboxylic acids is 1. The van der Waals surface area contributed by atoms with E-state index in [1.54, 1.807) is 17.8 Å². The number of carboxylic acid groups (broad SMARTS) is 1. The van der Waals surface area contributed by atoms with Gasteiger partial charge in [-0.2, -0.15) is 5.10 Å². The third kappa shape index (κ3) is 1.69. The van der Waals surface area contributed by atoms with Gasteiger partial charge < -0.3 is 9.67 Å². The predicted molar refractivity (Wildman–Crippen MR) is 74.6 cm³/mol. The highest BCUT2D eigenvalue weighted by Gasteiger charge is 2.16. The Morgan fingerprint density at radius 2 is 2.05 bits per heavy atom. The van der Waals surface area contributed by atoms with Gasteiger partial charge in [-0.3, -0.25) is 4.68 Å². The Morgan fingerprint density at radius 3 is 2.70 bits per heavy atom. The standard InChI is InChI=1S/C14H14N4O2/c1-8-15-10-6-4-5-9(13(10)17(8)2)12-7-11(14(19)20)16-18(12)3/h4-7H,1-3H3,(H,19,20). The fourth-order valence-corrected chi connectivity index (χ4v) is 2.42. The molecule has 0 amide bonds. The predicted octanol–water partition coefficient (Wildman–Crippen LogP) is 1.98. The van der Waals surface area contributed by atoms with Crippen LogP contribution < -0.4 is 0 Å². The molecule has 0 aliphatic rings. The van der Waals surface area contributed by atoms with E-state index in [0.29, 0.717) is 0 Å². The fraction of sp³-hybridized carbons (Fsp3) is 0.214. The SMILES string of the molecule is Cc1nc2cccc(-c3cc(C(=O)O)nn3C)c2n1C. The van der Waals surface area contributed by atoms with Crippen LogP contribution in [0, 0.1) is 6.92 Å². The number of imidazole rings is 1. The molecule has 2 aromatic heterocycles. The Labute approximate surface area is 115 Å². The number of hydrogen-bond acceptors (Lipinski definition) is 3. The van der Waals surface area contributed by atoms with Crippen LogP contribution >= 0.6 is 0 Å². The zero-order chi connectivity index (χ0) is 14.4. The number of carbonyl (C=O) groups is 1. The van der Waals surface area contributed by atoms with Crippen molar-refractivity contribution in [2.45, 2.75) is 6.92 Å². The first kappa shape index (κ1) is 12.4. The van der Waals surface area contributed by atoms with Crippen LogP contribution in [0.2, 0.25) is 0 Å². The normalized spacial score (nSPS) is 11.2. The van der Waals surface area contributed by atoms with Crippen molar-refractivity contribution in [1.82, 2.24) is 19.3 Å². The van der Waals surface area contributed by atoms with E-state index < -0.39 is 5.97 Å². The van der Waals surface area contributed by atoms with E-state index in [1.165, 1.54) is 0 Å². The van der Waals surface area contributed by atoms with Crippen molar-refractivity contribution in [3.63, 3.8) is 0 Å². The summed E-state index contributed by atoms with van der Waals surface area (Å²) in [5.74, 6) is -0.117. The largest absolute Gasteiger partial charge is 0.476 e. The number of nitrogens with zero attached hydrogens (tertiary/aromatic N) is 4. The highest BCUT2D eigenvalue weighted by molar-refractivity contribution is 5.94. The van der Waals surface area contributed by atoms with Crippen LogP contribution in [-0.4, -0.2) is 30.4 Å². The maximum absolute atomic E-state index is 11.0. The Kier molecular flexibility index (Phi) is 2.60. The van der Waals surface area contributed by atoms with Gasteiger partial charge in [0.2, 0.25) is 0 Å². The number of aromatic nitrogens is 4. The summed E-state index contributed by atoms with van der Waals surface area (Å²) in [7, 11) is 3.69. The minimum atomic E-state index is -1.03. The van der Waals surface area contributed by atoms with Crippen molar-refractivity contribution in [2.75, 3.05) is 0 Å². The summed E-state index contributed by atoms with van der Waals surface area (Å²) in [6.45, 7) is 1.94. The molecule has 102 valence electrons. The van der Waals surface area contributed by atoms with E-state index in [9.17, 15) is 4.79 Å². The molecular weight excluding hydrogens is 256 g/mol. The van der Waals surface area contributed by atoms with Crippen LogP contribution in [0.4, 0.5) is 0 Å². The van der Waals surface area contributed by atoms with Crippen LogP contribution in [0.5, 0.6) is 0 Å². The molecule has 1 aromatic carbocycles. The van der Waals surface area contributed by atoms with Gasteiger partial charge in [0.25, 0.3) is 0 Å². The molecule has 6 nitrogen and oxygen atoms in total. The molecule has 0 saturated heterocycles. The zero-order valence-electron chi connectivity index (χ0n) is 11.5. The van der Waals surface area contributed by atoms with Crippen molar-refractivity contribution in [3.05, 3.63) is 35.8 Å². The molecule has 0 saturated carbocycles. The summed E-state index contributed by atoms with van der Waals surface area (Å²) in [5.41, 5.74) is 3.59. The van der Waals surface area contributed by atoms with E-state index >= 15 is 0 Å². The average Bonchev–Trinajstić information content (AvgIpc) is 2.92. The smallest absolute Gasteiger partial charge is 0.356 e. The Bertz CT molecular complexity index is 829. The summed E-state index contributed by atoms with van der Waals surface area (Å²) in [5, 5.41) is 13.1. The topological polar surface area (TPSA) is 72.9 Å². The number of benzene rings is 1. The molecule has 20 heavy (non-hydrogen) atoms. The Morgan fingerprint density at radius 1 is 1.30 bits per heavy atom. The molecule has 0 atom stereocenters. The van der Waals surface area contributed by atoms with Crippen LogP contribution in [0.1, 0.15) is 16.3 Å². The van der Waals surface area contributed by atoms with Gasteiger partial charge in [0.1, 0.15) is 5.82 Å². The van der Waals surface area contributed by atoms with Gasteiger partial charge in [-0.1, -0.05) is 12.1 Å². The molecule has 0 fully saturated rings. The van der Waals surface area contributed by atoms with Gasteiger partial charge in [0.15, 0.2) is 5.69 Å². The van der Waals surface area contributed by atoms with Gasteiger partial charge in [-0.15, -0.1) is 0 Å². The minimum absolute atomic E-state index is 0.0402. The summed E-state index contributed by atoms with van der Waals surface area (Å²) in [6.07, 6.45) is 0. The van der Waals surface area contributed by atoms with Crippen LogP contribution in [-0.2, 0) is 14.1 Å². The van der Waals surface area contributed by atoms with Crippen LogP contribution in [0.25, 0.3) is 22.3 Å². The number of hydrogen-bond donors (Lipinski definition) is 1. The maximum Gasteiger partial charge on any atom is 0.356 e. The summed E-state index contributed by atoms with van der Waals surface area (Å²) < 4.78 is 3.58. The van der Waals surface area contributed by atoms with Crippen molar-refractivity contribution in [1.29, 1.82) is 0 Å². The molecule has 0 bridgehead atoms. The van der Waals surface area contributed by atoms with Gasteiger partial charge >= 0.3 is 5.97 Å². The first-order chi connectivity index (χ1) is 9.49. The van der Waals surface area contributed by atoms with E-state index in [4.69, 9.17) is 5.11 Å². The molecule has 0 unspecified atom stereocenters. The molecule has 0 spiro atoms. The first-order valence-corrected chi connectivity index (χ1v) is 6.19. The van der Waals surface area contributed by atoms with Crippen molar-refractivity contribution in [3.8, 4) is 11.3 Å². The van der Waals surface area contributed by atoms with Gasteiger partial charge in [0.05, 0.1) is 16.7 Å². The van der Waals surface area contributed by atoms with E-state index in [-0.39, 0.29) is 5.69 Å². The first-order valence-electron chi connectivity index (χ1n) is 6.19. The molecule has 0 aliphatic carbocycles. The Balaban J connectivity index is 2.32. The average molecular weight is 270 g/mol. The molecule has 3 aromatic rings. The van der Waals surface area contributed by atoms with Crippen LogP contribution in [0.15, 0.2) is 24.3 Å². The molecule has 2 heterocycles. The lowest BCUT2D eigenvalue weighted by Gasteiger charge is -2.06. The lowest BCUT2D eigenvalue weighted by Crippen LogP contribution is -1.99. The molecule has 0 aliphatic heterocycles. The number of rotatable bonds is 2.